The van der Waals surface area contributed by atoms with Gasteiger partial charge in [0.05, 0.1) is 18.8 Å². The number of hydrogen-bond acceptors (Lipinski definition) is 4. The molecule has 1 aromatic carbocycles. The second-order valence-corrected chi connectivity index (χ2v) is 4.46. The highest BCUT2D eigenvalue weighted by Gasteiger charge is 2.12. The van der Waals surface area contributed by atoms with E-state index in [4.69, 9.17) is 15.9 Å². The standard InChI is InChI=1S/C13H19FN4O.ClH/c14-10-2-1-3-11(12(10)13(15)16)17-4-5-18-6-8-19-9-7-18;/h1-3,17H,4-9H2,(H3,15,16);1H. The van der Waals surface area contributed by atoms with Crippen molar-refractivity contribution in [3.05, 3.63) is 29.6 Å². The van der Waals surface area contributed by atoms with E-state index >= 15 is 0 Å². The molecule has 1 aliphatic rings. The first-order valence-electron chi connectivity index (χ1n) is 6.35. The van der Waals surface area contributed by atoms with Crippen LogP contribution in [0, 0.1) is 11.2 Å². The number of nitrogen functional groups attached to an aromatic ring is 1. The molecule has 1 aromatic rings. The smallest absolute Gasteiger partial charge is 0.136 e. The molecule has 0 bridgehead atoms. The van der Waals surface area contributed by atoms with Gasteiger partial charge in [-0.2, -0.15) is 0 Å². The van der Waals surface area contributed by atoms with Crippen LogP contribution >= 0.6 is 12.4 Å². The van der Waals surface area contributed by atoms with Crippen LogP contribution in [-0.4, -0.2) is 50.1 Å². The molecule has 0 aliphatic carbocycles. The number of nitrogens with one attached hydrogen (secondary N) is 2. The van der Waals surface area contributed by atoms with Gasteiger partial charge in [-0.1, -0.05) is 6.07 Å². The molecule has 2 rings (SSSR count). The molecule has 1 aliphatic heterocycles. The van der Waals surface area contributed by atoms with Crippen molar-refractivity contribution in [2.24, 2.45) is 5.73 Å². The fourth-order valence-corrected chi connectivity index (χ4v) is 2.12. The highest BCUT2D eigenvalue weighted by molar-refractivity contribution is 6.00. The topological polar surface area (TPSA) is 74.4 Å². The quantitative estimate of drug-likeness (QED) is 0.566. The van der Waals surface area contributed by atoms with Crippen LogP contribution in [0.1, 0.15) is 5.56 Å². The van der Waals surface area contributed by atoms with Gasteiger partial charge in [-0.15, -0.1) is 12.4 Å². The zero-order valence-corrected chi connectivity index (χ0v) is 12.0. The molecule has 5 nitrogen and oxygen atoms in total. The third-order valence-corrected chi connectivity index (χ3v) is 3.13. The minimum Gasteiger partial charge on any atom is -0.384 e. The Morgan fingerprint density at radius 1 is 1.40 bits per heavy atom. The van der Waals surface area contributed by atoms with E-state index in [1.54, 1.807) is 12.1 Å². The monoisotopic (exact) mass is 302 g/mol. The fraction of sp³-hybridized carbons (Fsp3) is 0.462. The van der Waals surface area contributed by atoms with E-state index in [1.807, 2.05) is 0 Å². The van der Waals surface area contributed by atoms with Gasteiger partial charge < -0.3 is 15.8 Å². The average molecular weight is 303 g/mol. The Balaban J connectivity index is 0.00000200. The summed E-state index contributed by atoms with van der Waals surface area (Å²) in [7, 11) is 0. The van der Waals surface area contributed by atoms with E-state index in [0.29, 0.717) is 12.2 Å². The Labute approximate surface area is 124 Å². The Morgan fingerprint density at radius 2 is 2.10 bits per heavy atom. The average Bonchev–Trinajstić information content (AvgIpc) is 2.39. The zero-order valence-electron chi connectivity index (χ0n) is 11.2. The SMILES string of the molecule is Cl.N=C(N)c1c(F)cccc1NCCN1CCOCC1. The highest BCUT2D eigenvalue weighted by Crippen LogP contribution is 2.18. The van der Waals surface area contributed by atoms with Crippen LogP contribution in [0.2, 0.25) is 0 Å². The van der Waals surface area contributed by atoms with Gasteiger partial charge in [0.1, 0.15) is 11.7 Å². The molecule has 0 saturated carbocycles. The van der Waals surface area contributed by atoms with Crippen LogP contribution in [0.5, 0.6) is 0 Å². The molecule has 0 aromatic heterocycles. The molecule has 0 atom stereocenters. The zero-order chi connectivity index (χ0) is 13.7. The number of morpholine rings is 1. The maximum Gasteiger partial charge on any atom is 0.136 e. The normalized spacial score (nSPS) is 15.4. The Morgan fingerprint density at radius 3 is 2.75 bits per heavy atom. The first kappa shape index (κ1) is 16.7. The molecule has 0 unspecified atom stereocenters. The number of nitrogens with zero attached hydrogens (tertiary/aromatic N) is 1. The minimum absolute atomic E-state index is 0. The molecule has 112 valence electrons. The number of rotatable bonds is 5. The van der Waals surface area contributed by atoms with Crippen molar-refractivity contribution in [2.75, 3.05) is 44.7 Å². The molecule has 1 saturated heterocycles. The second kappa shape index (κ2) is 8.04. The summed E-state index contributed by atoms with van der Waals surface area (Å²) in [5.74, 6) is -0.726. The van der Waals surface area contributed by atoms with E-state index in [-0.39, 0.29) is 23.8 Å². The predicted molar refractivity (Wildman–Crippen MR) is 80.4 cm³/mol. The lowest BCUT2D eigenvalue weighted by atomic mass is 10.1. The van der Waals surface area contributed by atoms with Crippen molar-refractivity contribution in [3.63, 3.8) is 0 Å². The van der Waals surface area contributed by atoms with E-state index in [1.165, 1.54) is 6.07 Å². The molecule has 7 heteroatoms. The van der Waals surface area contributed by atoms with Gasteiger partial charge in [0.2, 0.25) is 0 Å². The summed E-state index contributed by atoms with van der Waals surface area (Å²) < 4.78 is 18.9. The lowest BCUT2D eigenvalue weighted by molar-refractivity contribution is 0.0398. The number of hydrogen-bond donors (Lipinski definition) is 3. The largest absolute Gasteiger partial charge is 0.384 e. The van der Waals surface area contributed by atoms with Crippen molar-refractivity contribution in [2.45, 2.75) is 0 Å². The van der Waals surface area contributed by atoms with Crippen molar-refractivity contribution < 1.29 is 9.13 Å². The van der Waals surface area contributed by atoms with Crippen molar-refractivity contribution in [1.29, 1.82) is 5.41 Å². The van der Waals surface area contributed by atoms with Crippen LogP contribution in [-0.2, 0) is 4.74 Å². The van der Waals surface area contributed by atoms with E-state index in [0.717, 1.165) is 32.8 Å². The van der Waals surface area contributed by atoms with Crippen LogP contribution in [0.4, 0.5) is 10.1 Å². The van der Waals surface area contributed by atoms with Gasteiger partial charge in [-0.25, -0.2) is 4.39 Å². The Hall–Kier alpha value is -1.37. The Kier molecular flexibility index (Phi) is 6.70. The molecule has 0 amide bonds. The van der Waals surface area contributed by atoms with Crippen molar-refractivity contribution in [3.8, 4) is 0 Å². The lowest BCUT2D eigenvalue weighted by Gasteiger charge is -2.26. The summed E-state index contributed by atoms with van der Waals surface area (Å²) in [5, 5.41) is 10.6. The number of nitrogens with two attached hydrogens (primary N) is 1. The summed E-state index contributed by atoms with van der Waals surface area (Å²) in [6.07, 6.45) is 0. The summed E-state index contributed by atoms with van der Waals surface area (Å²) in [6, 6.07) is 4.65. The van der Waals surface area contributed by atoms with Gasteiger partial charge in [-0.3, -0.25) is 10.3 Å². The summed E-state index contributed by atoms with van der Waals surface area (Å²) >= 11 is 0. The third kappa shape index (κ3) is 4.33. The van der Waals surface area contributed by atoms with Crippen LogP contribution in [0.25, 0.3) is 0 Å². The van der Waals surface area contributed by atoms with E-state index < -0.39 is 5.82 Å². The third-order valence-electron chi connectivity index (χ3n) is 3.13. The lowest BCUT2D eigenvalue weighted by Crippen LogP contribution is -2.39. The molecular weight excluding hydrogens is 283 g/mol. The van der Waals surface area contributed by atoms with Crippen LogP contribution < -0.4 is 11.1 Å². The summed E-state index contributed by atoms with van der Waals surface area (Å²) in [5.41, 5.74) is 6.12. The highest BCUT2D eigenvalue weighted by atomic mass is 35.5. The number of anilines is 1. The van der Waals surface area contributed by atoms with Crippen LogP contribution in [0.3, 0.4) is 0 Å². The van der Waals surface area contributed by atoms with Gasteiger partial charge >= 0.3 is 0 Å². The van der Waals surface area contributed by atoms with Crippen LogP contribution in [0.15, 0.2) is 18.2 Å². The number of amidine groups is 1. The van der Waals surface area contributed by atoms with Crippen molar-refractivity contribution in [1.82, 2.24) is 4.90 Å². The molecule has 1 fully saturated rings. The second-order valence-electron chi connectivity index (χ2n) is 4.46. The summed E-state index contributed by atoms with van der Waals surface area (Å²) in [6.45, 7) is 4.91. The number of ether oxygens (including phenoxy) is 1. The van der Waals surface area contributed by atoms with E-state index in [9.17, 15) is 4.39 Å². The minimum atomic E-state index is -0.469. The van der Waals surface area contributed by atoms with Crippen molar-refractivity contribution >= 4 is 23.9 Å². The maximum atomic E-state index is 13.6. The Bertz CT molecular complexity index is 452. The van der Waals surface area contributed by atoms with Gasteiger partial charge in [-0.05, 0) is 12.1 Å². The molecule has 1 heterocycles. The maximum absolute atomic E-state index is 13.6. The molecule has 20 heavy (non-hydrogen) atoms. The van der Waals surface area contributed by atoms with Gasteiger partial charge in [0.25, 0.3) is 0 Å². The first-order valence-corrected chi connectivity index (χ1v) is 6.35. The van der Waals surface area contributed by atoms with Gasteiger partial charge in [0.15, 0.2) is 0 Å². The molecule has 0 radical (unpaired) electrons. The fourth-order valence-electron chi connectivity index (χ4n) is 2.12. The molecule has 0 spiro atoms. The first-order chi connectivity index (χ1) is 9.18. The molecular formula is C13H20ClFN4O. The number of benzene rings is 1. The summed E-state index contributed by atoms with van der Waals surface area (Å²) in [4.78, 5) is 2.28. The van der Waals surface area contributed by atoms with E-state index in [2.05, 4.69) is 10.2 Å². The van der Waals surface area contributed by atoms with Gasteiger partial charge in [0, 0.05) is 31.9 Å². The predicted octanol–water partition coefficient (Wildman–Crippen LogP) is 1.28. The number of halogens is 2. The molecule has 4 N–H and O–H groups in total.